The highest BCUT2D eigenvalue weighted by atomic mass is 19.4. The predicted molar refractivity (Wildman–Crippen MR) is 114 cm³/mol. The Balaban J connectivity index is 1.61. The van der Waals surface area contributed by atoms with Crippen LogP contribution in [0.25, 0.3) is 11.0 Å². The van der Waals surface area contributed by atoms with Gasteiger partial charge in [-0.1, -0.05) is 11.2 Å². The van der Waals surface area contributed by atoms with E-state index >= 15 is 0 Å². The van der Waals surface area contributed by atoms with E-state index in [1.54, 1.807) is 18.2 Å². The third-order valence-corrected chi connectivity index (χ3v) is 5.75. The summed E-state index contributed by atoms with van der Waals surface area (Å²) in [6.45, 7) is 3.09. The van der Waals surface area contributed by atoms with Crippen molar-refractivity contribution in [1.82, 2.24) is 25.2 Å². The maximum absolute atomic E-state index is 13.4. The molecule has 3 heterocycles. The number of likely N-dealkylation sites (tertiary alicyclic amines) is 1. The molecule has 1 aliphatic rings. The third-order valence-electron chi connectivity index (χ3n) is 5.75. The fourth-order valence-corrected chi connectivity index (χ4v) is 4.03. The van der Waals surface area contributed by atoms with Crippen LogP contribution in [0, 0.1) is 0 Å². The summed E-state index contributed by atoms with van der Waals surface area (Å²) in [5.41, 5.74) is -0.905. The van der Waals surface area contributed by atoms with E-state index in [2.05, 4.69) is 25.8 Å². The van der Waals surface area contributed by atoms with Gasteiger partial charge in [-0.3, -0.25) is 9.48 Å². The van der Waals surface area contributed by atoms with Crippen LogP contribution in [-0.4, -0.2) is 66.1 Å². The monoisotopic (exact) mass is 466 g/mol. The maximum Gasteiger partial charge on any atom is 0.435 e. The molecular formula is C21H25F3N6O3. The summed E-state index contributed by atoms with van der Waals surface area (Å²) in [6.07, 6.45) is -3.50. The molecule has 4 rings (SSSR count). The number of halogens is 3. The zero-order valence-electron chi connectivity index (χ0n) is 18.3. The van der Waals surface area contributed by atoms with Crippen molar-refractivity contribution >= 4 is 22.7 Å². The van der Waals surface area contributed by atoms with Gasteiger partial charge in [0.15, 0.2) is 17.1 Å². The second-order valence-electron chi connectivity index (χ2n) is 7.85. The minimum Gasteiger partial charge on any atom is -0.496 e. The summed E-state index contributed by atoms with van der Waals surface area (Å²) < 4.78 is 52.0. The second-order valence-corrected chi connectivity index (χ2v) is 7.85. The highest BCUT2D eigenvalue weighted by Crippen LogP contribution is 2.34. The molecule has 1 saturated heterocycles. The molecule has 2 aromatic heterocycles. The number of amides is 1. The summed E-state index contributed by atoms with van der Waals surface area (Å²) in [6, 6.07) is 5.47. The first-order valence-electron chi connectivity index (χ1n) is 10.6. The molecule has 0 unspecified atom stereocenters. The molecule has 0 atom stereocenters. The van der Waals surface area contributed by atoms with Crippen LogP contribution in [0.3, 0.4) is 0 Å². The van der Waals surface area contributed by atoms with E-state index in [4.69, 9.17) is 9.26 Å². The number of hydrogen-bond acceptors (Lipinski definition) is 7. The molecule has 1 aliphatic heterocycles. The van der Waals surface area contributed by atoms with E-state index in [0.717, 1.165) is 19.2 Å². The van der Waals surface area contributed by atoms with Gasteiger partial charge in [0, 0.05) is 32.2 Å². The van der Waals surface area contributed by atoms with Crippen LogP contribution >= 0.6 is 0 Å². The molecule has 0 bridgehead atoms. The topological polar surface area (TPSA) is 97.5 Å². The molecular weight excluding hydrogens is 441 g/mol. The van der Waals surface area contributed by atoms with E-state index < -0.39 is 17.8 Å². The molecule has 1 fully saturated rings. The number of fused-ring (bicyclic) bond motifs is 1. The summed E-state index contributed by atoms with van der Waals surface area (Å²) >= 11 is 0. The molecule has 9 nitrogen and oxygen atoms in total. The molecule has 12 heteroatoms. The van der Waals surface area contributed by atoms with Gasteiger partial charge in [0.25, 0.3) is 5.91 Å². The minimum atomic E-state index is -4.67. The molecule has 0 saturated carbocycles. The van der Waals surface area contributed by atoms with Gasteiger partial charge >= 0.3 is 6.18 Å². The van der Waals surface area contributed by atoms with Crippen molar-refractivity contribution in [3.63, 3.8) is 0 Å². The molecule has 2 N–H and O–H groups in total. The summed E-state index contributed by atoms with van der Waals surface area (Å²) in [4.78, 5) is 15.3. The summed E-state index contributed by atoms with van der Waals surface area (Å²) in [7, 11) is 3.33. The van der Waals surface area contributed by atoms with Gasteiger partial charge in [0.05, 0.1) is 13.2 Å². The number of anilines is 1. The Kier molecular flexibility index (Phi) is 6.56. The third kappa shape index (κ3) is 4.81. The Hall–Kier alpha value is -3.12. The Morgan fingerprint density at radius 2 is 2.06 bits per heavy atom. The first kappa shape index (κ1) is 23.1. The zero-order chi connectivity index (χ0) is 23.6. The number of carbonyl (C=O) groups is 1. The number of aromatic nitrogens is 3. The molecule has 0 aliphatic carbocycles. The van der Waals surface area contributed by atoms with E-state index in [1.165, 1.54) is 11.8 Å². The van der Waals surface area contributed by atoms with E-state index in [9.17, 15) is 18.0 Å². The van der Waals surface area contributed by atoms with Gasteiger partial charge in [0.2, 0.25) is 0 Å². The van der Waals surface area contributed by atoms with Crippen LogP contribution in [0.2, 0.25) is 0 Å². The van der Waals surface area contributed by atoms with Crippen molar-refractivity contribution in [2.45, 2.75) is 25.1 Å². The van der Waals surface area contributed by atoms with E-state index in [1.807, 2.05) is 7.05 Å². The van der Waals surface area contributed by atoms with Crippen molar-refractivity contribution in [3.05, 3.63) is 35.7 Å². The molecule has 1 aromatic carbocycles. The van der Waals surface area contributed by atoms with E-state index in [-0.39, 0.29) is 17.6 Å². The van der Waals surface area contributed by atoms with Crippen LogP contribution in [0.4, 0.5) is 19.0 Å². The number of nitrogens with one attached hydrogen (secondary N) is 2. The largest absolute Gasteiger partial charge is 0.496 e. The van der Waals surface area contributed by atoms with E-state index in [0.29, 0.717) is 42.6 Å². The van der Waals surface area contributed by atoms with Crippen molar-refractivity contribution in [2.24, 2.45) is 0 Å². The Morgan fingerprint density at radius 3 is 2.73 bits per heavy atom. The maximum atomic E-state index is 13.4. The number of nitrogens with zero attached hydrogens (tertiary/aromatic N) is 4. The van der Waals surface area contributed by atoms with Gasteiger partial charge in [-0.15, -0.1) is 0 Å². The van der Waals surface area contributed by atoms with Gasteiger partial charge in [-0.25, -0.2) is 0 Å². The molecule has 33 heavy (non-hydrogen) atoms. The van der Waals surface area contributed by atoms with Crippen molar-refractivity contribution < 1.29 is 27.2 Å². The number of piperidine rings is 1. The number of likely N-dealkylation sites (N-methyl/N-ethyl adjacent to an activating group) is 1. The van der Waals surface area contributed by atoms with Crippen LogP contribution in [-0.2, 0) is 6.18 Å². The Bertz CT molecular complexity index is 1120. The lowest BCUT2D eigenvalue weighted by Crippen LogP contribution is -2.39. The van der Waals surface area contributed by atoms with Gasteiger partial charge in [-0.2, -0.15) is 18.3 Å². The lowest BCUT2D eigenvalue weighted by atomic mass is 10.0. The highest BCUT2D eigenvalue weighted by Gasteiger charge is 2.37. The van der Waals surface area contributed by atoms with Crippen molar-refractivity contribution in [3.8, 4) is 5.75 Å². The SMILES string of the molecule is CNCCN1CCC(n2nc(C(F)(F)F)cc2C(=O)Nc2noc3cccc(OC)c23)CC1. The number of ether oxygens (including phenoxy) is 1. The molecule has 0 spiro atoms. The zero-order valence-corrected chi connectivity index (χ0v) is 18.3. The number of benzene rings is 1. The number of alkyl halides is 3. The molecule has 0 radical (unpaired) electrons. The normalized spacial score (nSPS) is 15.8. The highest BCUT2D eigenvalue weighted by molar-refractivity contribution is 6.08. The van der Waals surface area contributed by atoms with Crippen LogP contribution in [0.15, 0.2) is 28.8 Å². The fraction of sp³-hybridized carbons (Fsp3) is 0.476. The van der Waals surface area contributed by atoms with Crippen LogP contribution in [0.5, 0.6) is 5.75 Å². The lowest BCUT2D eigenvalue weighted by Gasteiger charge is -2.32. The van der Waals surface area contributed by atoms with Crippen LogP contribution < -0.4 is 15.4 Å². The Labute approximate surface area is 187 Å². The molecule has 3 aromatic rings. The first-order chi connectivity index (χ1) is 15.8. The number of rotatable bonds is 7. The summed E-state index contributed by atoms with van der Waals surface area (Å²) in [5, 5.41) is 13.7. The summed E-state index contributed by atoms with van der Waals surface area (Å²) in [5.74, 6) is -0.269. The average Bonchev–Trinajstić information content (AvgIpc) is 3.43. The van der Waals surface area contributed by atoms with Crippen molar-refractivity contribution in [1.29, 1.82) is 0 Å². The second kappa shape index (κ2) is 9.40. The first-order valence-corrected chi connectivity index (χ1v) is 10.6. The smallest absolute Gasteiger partial charge is 0.435 e. The van der Waals surface area contributed by atoms with Gasteiger partial charge < -0.3 is 24.8 Å². The number of hydrogen-bond donors (Lipinski definition) is 2. The van der Waals surface area contributed by atoms with Crippen LogP contribution in [0.1, 0.15) is 35.1 Å². The van der Waals surface area contributed by atoms with Crippen molar-refractivity contribution in [2.75, 3.05) is 45.7 Å². The lowest BCUT2D eigenvalue weighted by molar-refractivity contribution is -0.141. The average molecular weight is 466 g/mol. The predicted octanol–water partition coefficient (Wildman–Crippen LogP) is 3.16. The fourth-order valence-electron chi connectivity index (χ4n) is 4.03. The quantitative estimate of drug-likeness (QED) is 0.552. The standard InChI is InChI=1S/C21H25F3N6O3/c1-25-8-11-29-9-6-13(7-10-29)30-14(12-17(27-30)21(22,23)24)20(31)26-19-18-15(32-2)4-3-5-16(18)33-28-19/h3-5,12-13,25H,6-11H2,1-2H3,(H,26,28,31). The minimum absolute atomic E-state index is 0.0654. The van der Waals surface area contributed by atoms with Gasteiger partial charge in [-0.05, 0) is 32.0 Å². The molecule has 178 valence electrons. The number of methoxy groups -OCH3 is 1. The Morgan fingerprint density at radius 1 is 1.30 bits per heavy atom. The van der Waals surface area contributed by atoms with Gasteiger partial charge in [0.1, 0.15) is 16.8 Å². The number of carbonyl (C=O) groups excluding carboxylic acids is 1. The molecule has 1 amide bonds.